The van der Waals surface area contributed by atoms with Gasteiger partial charge in [-0.3, -0.25) is 0 Å². The molecule has 5 nitrogen and oxygen atoms in total. The Balaban J connectivity index is 1.54. The van der Waals surface area contributed by atoms with Gasteiger partial charge < -0.3 is 9.15 Å². The fourth-order valence-electron chi connectivity index (χ4n) is 2.51. The molecule has 2 heterocycles. The summed E-state index contributed by atoms with van der Waals surface area (Å²) in [6.07, 6.45) is -0.686. The number of carbonyl (C=O) groups is 1. The number of hydrogen-bond acceptors (Lipinski definition) is 6. The second kappa shape index (κ2) is 6.90. The van der Waals surface area contributed by atoms with E-state index in [9.17, 15) is 4.79 Å². The lowest BCUT2D eigenvalue weighted by molar-refractivity contribution is 0.0286. The summed E-state index contributed by atoms with van der Waals surface area (Å²) >= 11 is 7.62. The predicted octanol–water partition coefficient (Wildman–Crippen LogP) is 5.52. The summed E-state index contributed by atoms with van der Waals surface area (Å²) in [6, 6.07) is 17.0. The Labute approximate surface area is 158 Å². The maximum atomic E-state index is 12.5. The monoisotopic (exact) mass is 384 g/mol. The highest BCUT2D eigenvalue weighted by atomic mass is 35.5. The van der Waals surface area contributed by atoms with Crippen LogP contribution >= 0.6 is 22.9 Å². The zero-order valence-electron chi connectivity index (χ0n) is 13.7. The zero-order chi connectivity index (χ0) is 18.1. The van der Waals surface area contributed by atoms with Gasteiger partial charge >= 0.3 is 5.97 Å². The van der Waals surface area contributed by atoms with Gasteiger partial charge in [0.2, 0.25) is 5.89 Å². The number of nitrogens with zero attached hydrogens (tertiary/aromatic N) is 2. The first-order valence-corrected chi connectivity index (χ1v) is 9.10. The molecule has 0 saturated heterocycles. The molecule has 0 aliphatic rings. The van der Waals surface area contributed by atoms with Crippen LogP contribution in [-0.4, -0.2) is 16.2 Å². The Bertz CT molecular complexity index is 1070. The Kier molecular flexibility index (Phi) is 4.44. The van der Waals surface area contributed by atoms with E-state index in [-0.39, 0.29) is 5.89 Å². The van der Waals surface area contributed by atoms with Crippen molar-refractivity contribution in [1.82, 2.24) is 10.2 Å². The Morgan fingerprint density at radius 2 is 1.85 bits per heavy atom. The van der Waals surface area contributed by atoms with E-state index < -0.39 is 12.1 Å². The van der Waals surface area contributed by atoms with Crippen LogP contribution in [0.15, 0.2) is 59.0 Å². The van der Waals surface area contributed by atoms with Crippen LogP contribution in [0.3, 0.4) is 0 Å². The van der Waals surface area contributed by atoms with E-state index in [4.69, 9.17) is 20.8 Å². The average molecular weight is 385 g/mol. The lowest BCUT2D eigenvalue weighted by Crippen LogP contribution is -2.08. The van der Waals surface area contributed by atoms with Crippen molar-refractivity contribution in [3.05, 3.63) is 70.4 Å². The first kappa shape index (κ1) is 16.8. The fraction of sp³-hybridized carbons (Fsp3) is 0.105. The molecule has 130 valence electrons. The number of rotatable bonds is 4. The Hall–Kier alpha value is -2.70. The van der Waals surface area contributed by atoms with Crippen LogP contribution in [0.2, 0.25) is 5.02 Å². The second-order valence-electron chi connectivity index (χ2n) is 5.60. The summed E-state index contributed by atoms with van der Waals surface area (Å²) in [5.74, 6) is 0.0981. The number of carbonyl (C=O) groups excluding carboxylic acids is 1. The zero-order valence-corrected chi connectivity index (χ0v) is 15.3. The van der Waals surface area contributed by atoms with Crippen LogP contribution in [0.25, 0.3) is 21.5 Å². The van der Waals surface area contributed by atoms with Crippen molar-refractivity contribution in [2.45, 2.75) is 13.0 Å². The van der Waals surface area contributed by atoms with Gasteiger partial charge in [-0.25, -0.2) is 4.79 Å². The molecular weight excluding hydrogens is 372 g/mol. The standard InChI is InChI=1S/C19H13ClN2O3S/c1-11(17-21-22-18(25-17)12-7-3-2-4-8-12)24-19(23)16-15(20)13-9-5-6-10-14(13)26-16/h2-11H,1H3/t11-/m0/s1. The first-order valence-electron chi connectivity index (χ1n) is 7.90. The third-order valence-electron chi connectivity index (χ3n) is 3.81. The van der Waals surface area contributed by atoms with Gasteiger partial charge in [0.25, 0.3) is 5.89 Å². The molecule has 0 N–H and O–H groups in total. The molecule has 4 rings (SSSR count). The number of benzene rings is 2. The normalized spacial score (nSPS) is 12.2. The Morgan fingerprint density at radius 3 is 2.62 bits per heavy atom. The van der Waals surface area contributed by atoms with Crippen molar-refractivity contribution in [2.24, 2.45) is 0 Å². The smallest absolute Gasteiger partial charge is 0.350 e. The molecule has 1 atom stereocenters. The summed E-state index contributed by atoms with van der Waals surface area (Å²) in [7, 11) is 0. The van der Waals surface area contributed by atoms with E-state index in [0.717, 1.165) is 15.6 Å². The summed E-state index contributed by atoms with van der Waals surface area (Å²) < 4.78 is 12.0. The average Bonchev–Trinajstić information content (AvgIpc) is 3.28. The number of aromatic nitrogens is 2. The van der Waals surface area contributed by atoms with Gasteiger partial charge in [0.1, 0.15) is 4.88 Å². The number of hydrogen-bond donors (Lipinski definition) is 0. The summed E-state index contributed by atoms with van der Waals surface area (Å²) in [5.41, 5.74) is 0.803. The van der Waals surface area contributed by atoms with Gasteiger partial charge in [0.05, 0.1) is 5.02 Å². The minimum atomic E-state index is -0.686. The lowest BCUT2D eigenvalue weighted by Gasteiger charge is -2.08. The van der Waals surface area contributed by atoms with E-state index in [2.05, 4.69) is 10.2 Å². The molecule has 2 aromatic heterocycles. The van der Waals surface area contributed by atoms with Crippen molar-refractivity contribution >= 4 is 39.0 Å². The molecule has 2 aromatic carbocycles. The van der Waals surface area contributed by atoms with Crippen LogP contribution in [0.4, 0.5) is 0 Å². The highest BCUT2D eigenvalue weighted by molar-refractivity contribution is 7.21. The van der Waals surface area contributed by atoms with Gasteiger partial charge in [-0.2, -0.15) is 0 Å². The van der Waals surface area contributed by atoms with Crippen LogP contribution in [0.1, 0.15) is 28.6 Å². The van der Waals surface area contributed by atoms with E-state index in [1.807, 2.05) is 54.6 Å². The summed E-state index contributed by atoms with van der Waals surface area (Å²) in [6.45, 7) is 1.68. The molecule has 0 saturated carbocycles. The fourth-order valence-corrected chi connectivity index (χ4v) is 3.90. The molecule has 4 aromatic rings. The van der Waals surface area contributed by atoms with E-state index in [1.165, 1.54) is 11.3 Å². The number of fused-ring (bicyclic) bond motifs is 1. The van der Waals surface area contributed by atoms with Gasteiger partial charge in [-0.1, -0.05) is 48.0 Å². The van der Waals surface area contributed by atoms with Crippen molar-refractivity contribution in [1.29, 1.82) is 0 Å². The molecule has 0 bridgehead atoms. The molecule has 0 fully saturated rings. The minimum Gasteiger partial charge on any atom is -0.448 e. The maximum Gasteiger partial charge on any atom is 0.350 e. The van der Waals surface area contributed by atoms with E-state index in [1.54, 1.807) is 6.92 Å². The third kappa shape index (κ3) is 3.09. The van der Waals surface area contributed by atoms with Crippen LogP contribution in [0.5, 0.6) is 0 Å². The topological polar surface area (TPSA) is 65.2 Å². The summed E-state index contributed by atoms with van der Waals surface area (Å²) in [5, 5.41) is 9.23. The molecule has 7 heteroatoms. The highest BCUT2D eigenvalue weighted by Crippen LogP contribution is 2.36. The van der Waals surface area contributed by atoms with Gasteiger partial charge in [-0.05, 0) is 25.1 Å². The predicted molar refractivity (Wildman–Crippen MR) is 100 cm³/mol. The molecule has 0 spiro atoms. The quantitative estimate of drug-likeness (QED) is 0.433. The molecule has 26 heavy (non-hydrogen) atoms. The number of esters is 1. The first-order chi connectivity index (χ1) is 12.6. The minimum absolute atomic E-state index is 0.231. The van der Waals surface area contributed by atoms with Gasteiger partial charge in [0, 0.05) is 15.6 Å². The third-order valence-corrected chi connectivity index (χ3v) is 5.47. The molecular formula is C19H13ClN2O3S. The maximum absolute atomic E-state index is 12.5. The molecule has 0 aliphatic heterocycles. The van der Waals surface area contributed by atoms with Crippen molar-refractivity contribution in [3.8, 4) is 11.5 Å². The van der Waals surface area contributed by atoms with Gasteiger partial charge in [-0.15, -0.1) is 21.5 Å². The molecule has 0 unspecified atom stereocenters. The molecule has 0 aliphatic carbocycles. The largest absolute Gasteiger partial charge is 0.448 e. The van der Waals surface area contributed by atoms with Crippen LogP contribution in [0, 0.1) is 0 Å². The van der Waals surface area contributed by atoms with Gasteiger partial charge in [0.15, 0.2) is 6.10 Å². The van der Waals surface area contributed by atoms with Crippen molar-refractivity contribution in [2.75, 3.05) is 0 Å². The summed E-state index contributed by atoms with van der Waals surface area (Å²) in [4.78, 5) is 12.9. The lowest BCUT2D eigenvalue weighted by atomic mass is 10.2. The number of ether oxygens (including phenoxy) is 1. The SMILES string of the molecule is C[C@H](OC(=O)c1sc2ccccc2c1Cl)c1nnc(-c2ccccc2)o1. The Morgan fingerprint density at radius 1 is 1.12 bits per heavy atom. The van der Waals surface area contributed by atoms with Crippen LogP contribution < -0.4 is 0 Å². The number of halogens is 1. The van der Waals surface area contributed by atoms with Crippen LogP contribution in [-0.2, 0) is 4.74 Å². The van der Waals surface area contributed by atoms with Crippen molar-refractivity contribution in [3.63, 3.8) is 0 Å². The molecule has 0 radical (unpaired) electrons. The number of thiophene rings is 1. The van der Waals surface area contributed by atoms with Crippen molar-refractivity contribution < 1.29 is 13.9 Å². The van der Waals surface area contributed by atoms with E-state index >= 15 is 0 Å². The van der Waals surface area contributed by atoms with E-state index in [0.29, 0.717) is 15.8 Å². The second-order valence-corrected chi connectivity index (χ2v) is 7.03. The highest BCUT2D eigenvalue weighted by Gasteiger charge is 2.23. The molecule has 0 amide bonds.